The van der Waals surface area contributed by atoms with Crippen LogP contribution < -0.4 is 9.64 Å². The molecule has 1 aromatic heterocycles. The molecule has 14 heavy (non-hydrogen) atoms. The predicted octanol–water partition coefficient (Wildman–Crippen LogP) is 0.983. The van der Waals surface area contributed by atoms with Crippen LogP contribution in [0.5, 0.6) is 5.88 Å². The molecule has 74 valence electrons. The number of aromatic nitrogens is 2. The summed E-state index contributed by atoms with van der Waals surface area (Å²) in [6, 6.07) is 0. The number of likely N-dealkylation sites (N-methyl/N-ethyl adjacent to an activating group) is 1. The van der Waals surface area contributed by atoms with Crippen LogP contribution in [0.15, 0.2) is 10.9 Å². The van der Waals surface area contributed by atoms with Crippen molar-refractivity contribution >= 4 is 27.5 Å². The third kappa shape index (κ3) is 1.35. The molecule has 2 rings (SSSR count). The van der Waals surface area contributed by atoms with Gasteiger partial charge in [0, 0.05) is 7.05 Å². The second-order valence-electron chi connectivity index (χ2n) is 2.99. The first-order chi connectivity index (χ1) is 6.59. The molecule has 1 aromatic rings. The van der Waals surface area contributed by atoms with Crippen molar-refractivity contribution in [3.05, 3.63) is 10.9 Å². The van der Waals surface area contributed by atoms with Gasteiger partial charge in [0.05, 0.1) is 6.20 Å². The summed E-state index contributed by atoms with van der Waals surface area (Å²) in [6.45, 7) is 1.69. The molecule has 0 saturated carbocycles. The fourth-order valence-electron chi connectivity index (χ4n) is 1.27. The monoisotopic (exact) mass is 257 g/mol. The van der Waals surface area contributed by atoms with Crippen LogP contribution in [0.1, 0.15) is 6.92 Å². The summed E-state index contributed by atoms with van der Waals surface area (Å²) in [5.41, 5.74) is 0.594. The first kappa shape index (κ1) is 9.39. The Bertz CT molecular complexity index is 396. The van der Waals surface area contributed by atoms with Gasteiger partial charge in [0.2, 0.25) is 5.88 Å². The van der Waals surface area contributed by atoms with Gasteiger partial charge in [0.15, 0.2) is 10.8 Å². The van der Waals surface area contributed by atoms with Crippen LogP contribution in [-0.2, 0) is 4.79 Å². The van der Waals surface area contributed by atoms with E-state index in [1.165, 1.54) is 4.90 Å². The smallest absolute Gasteiger partial charge is 0.267 e. The van der Waals surface area contributed by atoms with Crippen LogP contribution in [0, 0.1) is 0 Å². The first-order valence-electron chi connectivity index (χ1n) is 4.06. The van der Waals surface area contributed by atoms with Gasteiger partial charge in [0.1, 0.15) is 5.69 Å². The number of halogens is 1. The standard InChI is InChI=1S/C8H8BrN3O2/c1-4-7(13)12(2)5-3-10-8(9)11-6(5)14-4/h3-4H,1-2H3. The molecule has 1 atom stereocenters. The van der Waals surface area contributed by atoms with Gasteiger partial charge in [-0.25, -0.2) is 4.98 Å². The SMILES string of the molecule is CC1Oc2nc(Br)ncc2N(C)C1=O. The van der Waals surface area contributed by atoms with Crippen molar-refractivity contribution < 1.29 is 9.53 Å². The van der Waals surface area contributed by atoms with Crippen molar-refractivity contribution in [2.45, 2.75) is 13.0 Å². The Morgan fingerprint density at radius 1 is 1.64 bits per heavy atom. The zero-order valence-corrected chi connectivity index (χ0v) is 9.28. The summed E-state index contributed by atoms with van der Waals surface area (Å²) in [5.74, 6) is 0.338. The highest BCUT2D eigenvalue weighted by Gasteiger charge is 2.30. The molecular formula is C8H8BrN3O2. The van der Waals surface area contributed by atoms with Crippen molar-refractivity contribution in [1.82, 2.24) is 9.97 Å². The summed E-state index contributed by atoms with van der Waals surface area (Å²) in [7, 11) is 1.68. The Labute approximate surface area is 89.2 Å². The Morgan fingerprint density at radius 3 is 3.07 bits per heavy atom. The topological polar surface area (TPSA) is 55.3 Å². The number of anilines is 1. The molecule has 0 aromatic carbocycles. The summed E-state index contributed by atoms with van der Waals surface area (Å²) in [5, 5.41) is 0. The van der Waals surface area contributed by atoms with E-state index in [0.29, 0.717) is 16.3 Å². The molecule has 5 nitrogen and oxygen atoms in total. The van der Waals surface area contributed by atoms with Gasteiger partial charge in [0.25, 0.3) is 5.91 Å². The summed E-state index contributed by atoms with van der Waals surface area (Å²) in [6.07, 6.45) is 1.06. The molecule has 0 bridgehead atoms. The average Bonchev–Trinajstić information content (AvgIpc) is 2.14. The van der Waals surface area contributed by atoms with Gasteiger partial charge in [-0.3, -0.25) is 4.79 Å². The summed E-state index contributed by atoms with van der Waals surface area (Å²) < 4.78 is 5.77. The maximum Gasteiger partial charge on any atom is 0.267 e. The van der Waals surface area contributed by atoms with E-state index in [0.717, 1.165) is 0 Å². The highest BCUT2D eigenvalue weighted by molar-refractivity contribution is 9.10. The first-order valence-corrected chi connectivity index (χ1v) is 4.85. The van der Waals surface area contributed by atoms with E-state index < -0.39 is 6.10 Å². The van der Waals surface area contributed by atoms with Crippen molar-refractivity contribution in [1.29, 1.82) is 0 Å². The molecule has 0 N–H and O–H groups in total. The van der Waals surface area contributed by atoms with Crippen molar-refractivity contribution in [3.8, 4) is 5.88 Å². The number of rotatable bonds is 0. The van der Waals surface area contributed by atoms with E-state index in [1.807, 2.05) is 0 Å². The lowest BCUT2D eigenvalue weighted by Gasteiger charge is -2.28. The number of carbonyl (C=O) groups excluding carboxylic acids is 1. The summed E-state index contributed by atoms with van der Waals surface area (Å²) >= 11 is 3.14. The average molecular weight is 258 g/mol. The van der Waals surface area contributed by atoms with E-state index in [-0.39, 0.29) is 5.91 Å². The Balaban J connectivity index is 2.50. The van der Waals surface area contributed by atoms with E-state index in [1.54, 1.807) is 20.2 Å². The van der Waals surface area contributed by atoms with Crippen LogP contribution in [0.2, 0.25) is 0 Å². The van der Waals surface area contributed by atoms with Crippen molar-refractivity contribution in [3.63, 3.8) is 0 Å². The molecule has 0 fully saturated rings. The minimum absolute atomic E-state index is 0.0941. The number of hydrogen-bond acceptors (Lipinski definition) is 4. The minimum atomic E-state index is -0.491. The summed E-state index contributed by atoms with van der Waals surface area (Å²) in [4.78, 5) is 21.0. The predicted molar refractivity (Wildman–Crippen MR) is 53.2 cm³/mol. The lowest BCUT2D eigenvalue weighted by molar-refractivity contribution is -0.125. The van der Waals surface area contributed by atoms with Crippen molar-refractivity contribution in [2.24, 2.45) is 0 Å². The molecule has 1 unspecified atom stereocenters. The van der Waals surface area contributed by atoms with Gasteiger partial charge in [-0.2, -0.15) is 4.98 Å². The van der Waals surface area contributed by atoms with Gasteiger partial charge in [-0.1, -0.05) is 0 Å². The molecule has 0 radical (unpaired) electrons. The van der Waals surface area contributed by atoms with Gasteiger partial charge in [-0.05, 0) is 22.9 Å². The number of amides is 1. The molecule has 2 heterocycles. The van der Waals surface area contributed by atoms with Crippen LogP contribution in [0.4, 0.5) is 5.69 Å². The molecule has 0 saturated heterocycles. The van der Waals surface area contributed by atoms with E-state index in [9.17, 15) is 4.79 Å². The number of ether oxygens (including phenoxy) is 1. The van der Waals surface area contributed by atoms with Gasteiger partial charge in [-0.15, -0.1) is 0 Å². The molecule has 6 heteroatoms. The Kier molecular flexibility index (Phi) is 2.14. The zero-order chi connectivity index (χ0) is 10.3. The highest BCUT2D eigenvalue weighted by Crippen LogP contribution is 2.30. The Morgan fingerprint density at radius 2 is 2.36 bits per heavy atom. The minimum Gasteiger partial charge on any atom is -0.463 e. The van der Waals surface area contributed by atoms with Crippen LogP contribution in [0.3, 0.4) is 0 Å². The second-order valence-corrected chi connectivity index (χ2v) is 3.70. The van der Waals surface area contributed by atoms with Crippen molar-refractivity contribution in [2.75, 3.05) is 11.9 Å². The molecule has 1 aliphatic heterocycles. The number of nitrogens with zero attached hydrogens (tertiary/aromatic N) is 3. The largest absolute Gasteiger partial charge is 0.463 e. The quantitative estimate of drug-likeness (QED) is 0.651. The van der Waals surface area contributed by atoms with Crippen LogP contribution >= 0.6 is 15.9 Å². The fraction of sp³-hybridized carbons (Fsp3) is 0.375. The second kappa shape index (κ2) is 3.20. The van der Waals surface area contributed by atoms with E-state index in [2.05, 4.69) is 25.9 Å². The van der Waals surface area contributed by atoms with Crippen LogP contribution in [0.25, 0.3) is 0 Å². The normalized spacial score (nSPS) is 20.4. The number of carbonyl (C=O) groups is 1. The third-order valence-corrected chi connectivity index (χ3v) is 2.42. The van der Waals surface area contributed by atoms with E-state index >= 15 is 0 Å². The third-order valence-electron chi connectivity index (χ3n) is 2.03. The van der Waals surface area contributed by atoms with Gasteiger partial charge >= 0.3 is 0 Å². The number of hydrogen-bond donors (Lipinski definition) is 0. The highest BCUT2D eigenvalue weighted by atomic mass is 79.9. The lowest BCUT2D eigenvalue weighted by Crippen LogP contribution is -2.42. The Hall–Kier alpha value is -1.17. The van der Waals surface area contributed by atoms with E-state index in [4.69, 9.17) is 4.74 Å². The molecular weight excluding hydrogens is 250 g/mol. The zero-order valence-electron chi connectivity index (χ0n) is 7.69. The molecule has 0 spiro atoms. The maximum absolute atomic E-state index is 11.5. The molecule has 1 amide bonds. The molecule has 0 aliphatic carbocycles. The fourth-order valence-corrected chi connectivity index (χ4v) is 1.53. The van der Waals surface area contributed by atoms with Gasteiger partial charge < -0.3 is 9.64 Å². The lowest BCUT2D eigenvalue weighted by atomic mass is 10.3. The molecule has 1 aliphatic rings. The van der Waals surface area contributed by atoms with Crippen LogP contribution in [-0.4, -0.2) is 29.0 Å². The maximum atomic E-state index is 11.5. The number of fused-ring (bicyclic) bond motifs is 1.